The van der Waals surface area contributed by atoms with Crippen LogP contribution in [0.1, 0.15) is 31.7 Å². The van der Waals surface area contributed by atoms with Gasteiger partial charge in [0.15, 0.2) is 5.82 Å². The molecule has 0 radical (unpaired) electrons. The Hall–Kier alpha value is -3.28. The van der Waals surface area contributed by atoms with Crippen LogP contribution in [-0.2, 0) is 4.79 Å². The molecule has 1 aliphatic heterocycles. The summed E-state index contributed by atoms with van der Waals surface area (Å²) in [6, 6.07) is 13.3. The van der Waals surface area contributed by atoms with Crippen molar-refractivity contribution in [2.45, 2.75) is 39.2 Å². The minimum Gasteiger partial charge on any atom is -0.345 e. The molecule has 1 N–H and O–H groups in total. The highest BCUT2D eigenvalue weighted by molar-refractivity contribution is 5.97. The lowest BCUT2D eigenvalue weighted by atomic mass is 10.0. The molecule has 1 amide bonds. The Bertz CT molecular complexity index is 993. The van der Waals surface area contributed by atoms with Crippen LogP contribution in [0.5, 0.6) is 0 Å². The van der Waals surface area contributed by atoms with Gasteiger partial charge in [0.25, 0.3) is 0 Å². The normalized spacial score (nSPS) is 19.2. The first-order chi connectivity index (χ1) is 14.6. The molecule has 6 nitrogen and oxygen atoms in total. The number of pyridine rings is 1. The summed E-state index contributed by atoms with van der Waals surface area (Å²) in [6.07, 6.45) is 8.13. The maximum absolute atomic E-state index is 13.3. The molecule has 2 aromatic heterocycles. The first-order valence-electron chi connectivity index (χ1n) is 10.5. The van der Waals surface area contributed by atoms with E-state index in [1.807, 2.05) is 43.3 Å². The fourth-order valence-electron chi connectivity index (χ4n) is 3.93. The van der Waals surface area contributed by atoms with E-state index in [0.29, 0.717) is 11.7 Å². The third-order valence-corrected chi connectivity index (χ3v) is 5.73. The van der Waals surface area contributed by atoms with E-state index < -0.39 is 0 Å². The summed E-state index contributed by atoms with van der Waals surface area (Å²) in [6.45, 7) is 5.10. The molecule has 2 atom stereocenters. The molecule has 1 aromatic carbocycles. The Morgan fingerprint density at radius 3 is 2.57 bits per heavy atom. The van der Waals surface area contributed by atoms with E-state index in [9.17, 15) is 4.79 Å². The van der Waals surface area contributed by atoms with Crippen molar-refractivity contribution in [3.05, 3.63) is 66.6 Å². The molecule has 0 saturated carbocycles. The molecule has 3 heterocycles. The maximum Gasteiger partial charge on any atom is 0.247 e. The van der Waals surface area contributed by atoms with Gasteiger partial charge in [0, 0.05) is 36.4 Å². The quantitative estimate of drug-likeness (QED) is 0.698. The number of anilines is 2. The maximum atomic E-state index is 13.3. The van der Waals surface area contributed by atoms with Crippen LogP contribution in [-0.4, -0.2) is 33.4 Å². The largest absolute Gasteiger partial charge is 0.345 e. The molecule has 154 valence electrons. The number of carbonyl (C=O) groups excluding carboxylic acids is 1. The van der Waals surface area contributed by atoms with Gasteiger partial charge in [0.2, 0.25) is 5.91 Å². The Kier molecular flexibility index (Phi) is 6.02. The van der Waals surface area contributed by atoms with E-state index in [0.717, 1.165) is 48.4 Å². The second-order valence-corrected chi connectivity index (χ2v) is 7.96. The van der Waals surface area contributed by atoms with E-state index in [1.54, 1.807) is 24.7 Å². The Morgan fingerprint density at radius 2 is 1.80 bits per heavy atom. The molecule has 1 saturated heterocycles. The minimum absolute atomic E-state index is 0.00136. The van der Waals surface area contributed by atoms with E-state index in [2.05, 4.69) is 32.1 Å². The Morgan fingerprint density at radius 1 is 1.00 bits per heavy atom. The van der Waals surface area contributed by atoms with Gasteiger partial charge in [0.1, 0.15) is 11.9 Å². The zero-order valence-electron chi connectivity index (χ0n) is 17.5. The third-order valence-electron chi connectivity index (χ3n) is 5.73. The summed E-state index contributed by atoms with van der Waals surface area (Å²) in [5, 5.41) is 3.13. The number of aryl methyl sites for hydroxylation is 1. The molecule has 0 unspecified atom stereocenters. The highest BCUT2D eigenvalue weighted by Crippen LogP contribution is 2.28. The number of aromatic nitrogens is 3. The van der Waals surface area contributed by atoms with Crippen molar-refractivity contribution in [1.29, 1.82) is 0 Å². The van der Waals surface area contributed by atoms with Gasteiger partial charge >= 0.3 is 0 Å². The van der Waals surface area contributed by atoms with Gasteiger partial charge in [-0.3, -0.25) is 4.79 Å². The lowest BCUT2D eigenvalue weighted by Crippen LogP contribution is -2.44. The number of hydrogen-bond donors (Lipinski definition) is 1. The number of amides is 1. The summed E-state index contributed by atoms with van der Waals surface area (Å²) in [5.41, 5.74) is 2.74. The molecule has 1 fully saturated rings. The van der Waals surface area contributed by atoms with Gasteiger partial charge in [-0.05, 0) is 68.0 Å². The summed E-state index contributed by atoms with van der Waals surface area (Å²) < 4.78 is 0. The number of nitrogens with zero attached hydrogens (tertiary/aromatic N) is 4. The Labute approximate surface area is 177 Å². The summed E-state index contributed by atoms with van der Waals surface area (Å²) in [7, 11) is 0. The van der Waals surface area contributed by atoms with Gasteiger partial charge in [-0.15, -0.1) is 0 Å². The summed E-state index contributed by atoms with van der Waals surface area (Å²) in [5.74, 6) is 2.10. The minimum atomic E-state index is -0.248. The average Bonchev–Trinajstić information content (AvgIpc) is 2.98. The van der Waals surface area contributed by atoms with Crippen LogP contribution in [0.2, 0.25) is 0 Å². The highest BCUT2D eigenvalue weighted by Gasteiger charge is 2.30. The average molecular weight is 402 g/mol. The fraction of sp³-hybridized carbons (Fsp3) is 0.333. The molecule has 0 bridgehead atoms. The van der Waals surface area contributed by atoms with Crippen LogP contribution < -0.4 is 10.2 Å². The van der Waals surface area contributed by atoms with E-state index in [4.69, 9.17) is 0 Å². The van der Waals surface area contributed by atoms with Crippen molar-refractivity contribution in [3.63, 3.8) is 0 Å². The number of nitrogens with one attached hydrogen (secondary N) is 1. The molecule has 3 aromatic rings. The zero-order chi connectivity index (χ0) is 20.9. The molecule has 6 heteroatoms. The molecule has 0 aliphatic carbocycles. The lowest BCUT2D eigenvalue weighted by Gasteiger charge is -2.30. The van der Waals surface area contributed by atoms with Crippen molar-refractivity contribution in [3.8, 4) is 11.4 Å². The van der Waals surface area contributed by atoms with Crippen LogP contribution in [0, 0.1) is 12.8 Å². The van der Waals surface area contributed by atoms with E-state index in [-0.39, 0.29) is 11.9 Å². The van der Waals surface area contributed by atoms with Gasteiger partial charge < -0.3 is 10.2 Å². The predicted octanol–water partition coefficient (Wildman–Crippen LogP) is 4.48. The standard InChI is InChI=1S/C24H27N5O/c1-17-7-10-21(29(15-11-17)22-6-3-4-12-25-22)24(30)28-19-9-8-18(2)20(16-19)23-26-13-5-14-27-23/h3-6,8-9,12-14,16-17,21H,7,10-11,15H2,1-2H3,(H,28,30)/t17-,21+/m1/s1. The van der Waals surface area contributed by atoms with Crippen LogP contribution in [0.4, 0.5) is 11.5 Å². The third kappa shape index (κ3) is 4.48. The molecule has 1 aliphatic rings. The van der Waals surface area contributed by atoms with Crippen molar-refractivity contribution in [2.24, 2.45) is 5.92 Å². The molecule has 30 heavy (non-hydrogen) atoms. The fourth-order valence-corrected chi connectivity index (χ4v) is 3.93. The van der Waals surface area contributed by atoms with Crippen molar-refractivity contribution >= 4 is 17.4 Å². The molecular weight excluding hydrogens is 374 g/mol. The van der Waals surface area contributed by atoms with Crippen molar-refractivity contribution in [2.75, 3.05) is 16.8 Å². The van der Waals surface area contributed by atoms with Crippen molar-refractivity contribution < 1.29 is 4.79 Å². The molecule has 0 spiro atoms. The van der Waals surface area contributed by atoms with Crippen LogP contribution >= 0.6 is 0 Å². The topological polar surface area (TPSA) is 71.0 Å². The van der Waals surface area contributed by atoms with E-state index >= 15 is 0 Å². The zero-order valence-corrected chi connectivity index (χ0v) is 17.5. The predicted molar refractivity (Wildman–Crippen MR) is 119 cm³/mol. The molecule has 4 rings (SSSR count). The first-order valence-corrected chi connectivity index (χ1v) is 10.5. The van der Waals surface area contributed by atoms with Gasteiger partial charge in [-0.1, -0.05) is 19.1 Å². The van der Waals surface area contributed by atoms with Crippen LogP contribution in [0.15, 0.2) is 61.1 Å². The van der Waals surface area contributed by atoms with Crippen LogP contribution in [0.3, 0.4) is 0 Å². The lowest BCUT2D eigenvalue weighted by molar-refractivity contribution is -0.117. The van der Waals surface area contributed by atoms with Crippen molar-refractivity contribution in [1.82, 2.24) is 15.0 Å². The number of rotatable bonds is 4. The van der Waals surface area contributed by atoms with Crippen LogP contribution in [0.25, 0.3) is 11.4 Å². The monoisotopic (exact) mass is 401 g/mol. The van der Waals surface area contributed by atoms with E-state index in [1.165, 1.54) is 0 Å². The van der Waals surface area contributed by atoms with Gasteiger partial charge in [0.05, 0.1) is 0 Å². The number of hydrogen-bond acceptors (Lipinski definition) is 5. The molecular formula is C24H27N5O. The number of benzene rings is 1. The van der Waals surface area contributed by atoms with Gasteiger partial charge in [-0.2, -0.15) is 0 Å². The first kappa shape index (κ1) is 20.0. The number of carbonyl (C=O) groups is 1. The highest BCUT2D eigenvalue weighted by atomic mass is 16.2. The summed E-state index contributed by atoms with van der Waals surface area (Å²) in [4.78, 5) is 28.7. The smallest absolute Gasteiger partial charge is 0.247 e. The Balaban J connectivity index is 1.58. The van der Waals surface area contributed by atoms with Gasteiger partial charge in [-0.25, -0.2) is 15.0 Å². The second kappa shape index (κ2) is 9.03. The second-order valence-electron chi connectivity index (χ2n) is 7.96. The SMILES string of the molecule is Cc1ccc(NC(=O)[C@@H]2CC[C@@H](C)CCN2c2ccccn2)cc1-c1ncccn1. The summed E-state index contributed by atoms with van der Waals surface area (Å²) >= 11 is 0.